The number of likely N-dealkylation sites (N-methyl/N-ethyl adjacent to an activating group) is 1. The lowest BCUT2D eigenvalue weighted by Crippen LogP contribution is -2.32. The van der Waals surface area contributed by atoms with Crippen molar-refractivity contribution in [1.29, 1.82) is 0 Å². The topological polar surface area (TPSA) is 130 Å². The number of ether oxygens (including phenoxy) is 3. The smallest absolute Gasteiger partial charge is 0.312 e. The van der Waals surface area contributed by atoms with Gasteiger partial charge in [-0.3, -0.25) is 0 Å². The first-order valence-electron chi connectivity index (χ1n) is 12.7. The minimum atomic E-state index is -0.565. The number of rotatable bonds is 14. The second-order valence-electron chi connectivity index (χ2n) is 9.17. The van der Waals surface area contributed by atoms with Crippen molar-refractivity contribution in [3.8, 4) is 11.4 Å². The van der Waals surface area contributed by atoms with E-state index in [2.05, 4.69) is 44.8 Å². The lowest BCUT2D eigenvalue weighted by atomic mass is 9.84. The van der Waals surface area contributed by atoms with Crippen molar-refractivity contribution in [2.24, 2.45) is 5.73 Å². The molecule has 13 heteroatoms. The van der Waals surface area contributed by atoms with Crippen LogP contribution in [0.25, 0.3) is 11.4 Å². The number of nitrogens with two attached hydrogens (primary N) is 1. The van der Waals surface area contributed by atoms with Crippen LogP contribution in [0.4, 0.5) is 4.79 Å². The van der Waals surface area contributed by atoms with Gasteiger partial charge >= 0.3 is 6.03 Å². The summed E-state index contributed by atoms with van der Waals surface area (Å²) in [5.41, 5.74) is 9.28. The molecule has 0 spiro atoms. The fraction of sp³-hybridized carbons (Fsp3) is 0.462. The SMILES string of the molecule is CN1Cc2c(Cl)cc(Cl)cc2[C@H](c2cccc(-c3nnn(CCOCCOCCOCCNC(N)=O)n3)c2)C1. The second-order valence-corrected chi connectivity index (χ2v) is 10.0. The fourth-order valence-corrected chi connectivity index (χ4v) is 4.98. The van der Waals surface area contributed by atoms with Crippen molar-refractivity contribution < 1.29 is 19.0 Å². The summed E-state index contributed by atoms with van der Waals surface area (Å²) in [4.78, 5) is 14.3. The molecule has 0 saturated carbocycles. The van der Waals surface area contributed by atoms with Crippen molar-refractivity contribution in [1.82, 2.24) is 30.4 Å². The Kier molecular flexibility index (Phi) is 10.9. The summed E-state index contributed by atoms with van der Waals surface area (Å²) in [6.07, 6.45) is 0. The number of primary amides is 1. The van der Waals surface area contributed by atoms with Crippen molar-refractivity contribution >= 4 is 29.2 Å². The number of aromatic nitrogens is 4. The van der Waals surface area contributed by atoms with Gasteiger partial charge in [-0.1, -0.05) is 41.4 Å². The molecule has 0 unspecified atom stereocenters. The molecule has 0 radical (unpaired) electrons. The highest BCUT2D eigenvalue weighted by molar-refractivity contribution is 6.35. The Hall–Kier alpha value is -2.80. The van der Waals surface area contributed by atoms with Gasteiger partial charge in [0.25, 0.3) is 0 Å². The van der Waals surface area contributed by atoms with Crippen LogP contribution in [0.15, 0.2) is 36.4 Å². The van der Waals surface area contributed by atoms with E-state index in [1.807, 2.05) is 18.2 Å². The molecule has 3 aromatic rings. The van der Waals surface area contributed by atoms with Gasteiger partial charge in [0.1, 0.15) is 0 Å². The summed E-state index contributed by atoms with van der Waals surface area (Å²) >= 11 is 12.9. The van der Waals surface area contributed by atoms with E-state index in [-0.39, 0.29) is 5.92 Å². The predicted octanol–water partition coefficient (Wildman–Crippen LogP) is 2.94. The lowest BCUT2D eigenvalue weighted by Gasteiger charge is -2.33. The molecule has 39 heavy (non-hydrogen) atoms. The number of nitrogens with zero attached hydrogens (tertiary/aromatic N) is 5. The van der Waals surface area contributed by atoms with Gasteiger partial charge in [-0.2, -0.15) is 4.80 Å². The monoisotopic (exact) mass is 577 g/mol. The van der Waals surface area contributed by atoms with Gasteiger partial charge < -0.3 is 30.2 Å². The summed E-state index contributed by atoms with van der Waals surface area (Å²) in [7, 11) is 2.09. The number of carbonyl (C=O) groups is 1. The van der Waals surface area contributed by atoms with Gasteiger partial charge in [0.05, 0.1) is 46.2 Å². The van der Waals surface area contributed by atoms with Gasteiger partial charge in [-0.15, -0.1) is 10.2 Å². The summed E-state index contributed by atoms with van der Waals surface area (Å²) in [5, 5.41) is 16.7. The van der Waals surface area contributed by atoms with Crippen molar-refractivity contribution in [3.05, 3.63) is 63.1 Å². The molecule has 4 rings (SSSR count). The first-order valence-corrected chi connectivity index (χ1v) is 13.5. The second kappa shape index (κ2) is 14.5. The summed E-state index contributed by atoms with van der Waals surface area (Å²) in [6.45, 7) is 5.07. The number of hydrogen-bond acceptors (Lipinski definition) is 8. The standard InChI is InChI=1S/C26H33Cl2N7O4/c1-34-16-22(21-14-20(27)15-24(28)23(21)17-34)18-3-2-4-19(13-18)25-31-33-35(32-25)6-8-38-10-12-39-11-9-37-7-5-30-26(29)36/h2-4,13-15,22H,5-12,16-17H2,1H3,(H3,29,30,36)/t22-/m0/s1. The van der Waals surface area contributed by atoms with E-state index in [9.17, 15) is 4.79 Å². The third-order valence-electron chi connectivity index (χ3n) is 6.22. The zero-order valence-corrected chi connectivity index (χ0v) is 23.3. The van der Waals surface area contributed by atoms with Gasteiger partial charge in [0.15, 0.2) is 0 Å². The highest BCUT2D eigenvalue weighted by Gasteiger charge is 2.27. The molecule has 0 bridgehead atoms. The lowest BCUT2D eigenvalue weighted by molar-refractivity contribution is 0.0131. The van der Waals surface area contributed by atoms with Crippen LogP contribution in [-0.2, 0) is 27.3 Å². The average Bonchev–Trinajstić information content (AvgIpc) is 3.38. The number of carbonyl (C=O) groups excluding carboxylic acids is 1. The molecule has 1 aliphatic rings. The molecule has 210 valence electrons. The van der Waals surface area contributed by atoms with Crippen molar-refractivity contribution in [3.63, 3.8) is 0 Å². The molecule has 2 heterocycles. The third kappa shape index (κ3) is 8.59. The van der Waals surface area contributed by atoms with Crippen LogP contribution in [0.2, 0.25) is 10.0 Å². The molecule has 0 fully saturated rings. The van der Waals surface area contributed by atoms with Crippen LogP contribution in [0, 0.1) is 0 Å². The molecule has 1 aromatic heterocycles. The normalized spacial score (nSPS) is 15.3. The Labute approximate surface area is 237 Å². The molecule has 0 aliphatic carbocycles. The van der Waals surface area contributed by atoms with Gasteiger partial charge in [0, 0.05) is 41.2 Å². The van der Waals surface area contributed by atoms with Crippen LogP contribution in [0.1, 0.15) is 22.6 Å². The van der Waals surface area contributed by atoms with Crippen LogP contribution in [-0.4, -0.2) is 90.9 Å². The van der Waals surface area contributed by atoms with Crippen LogP contribution in [0.3, 0.4) is 0 Å². The Morgan fingerprint density at radius 1 is 1.08 bits per heavy atom. The number of nitrogens with one attached hydrogen (secondary N) is 1. The molecular weight excluding hydrogens is 545 g/mol. The number of fused-ring (bicyclic) bond motifs is 1. The van der Waals surface area contributed by atoms with Crippen molar-refractivity contribution in [2.75, 3.05) is 59.8 Å². The Balaban J connectivity index is 1.23. The zero-order chi connectivity index (χ0) is 27.6. The molecular formula is C26H33Cl2N7O4. The predicted molar refractivity (Wildman–Crippen MR) is 148 cm³/mol. The van der Waals surface area contributed by atoms with Crippen LogP contribution >= 0.6 is 23.2 Å². The number of benzene rings is 2. The number of urea groups is 1. The highest BCUT2D eigenvalue weighted by atomic mass is 35.5. The van der Waals surface area contributed by atoms with Gasteiger partial charge in [0.2, 0.25) is 5.82 Å². The summed E-state index contributed by atoms with van der Waals surface area (Å²) < 4.78 is 16.4. The number of tetrazole rings is 1. The molecule has 3 N–H and O–H groups in total. The molecule has 1 atom stereocenters. The summed E-state index contributed by atoms with van der Waals surface area (Å²) in [6, 6.07) is 11.5. The molecule has 2 amide bonds. The summed E-state index contributed by atoms with van der Waals surface area (Å²) in [5.74, 6) is 0.686. The van der Waals surface area contributed by atoms with E-state index in [1.54, 1.807) is 6.07 Å². The molecule has 0 saturated heterocycles. The Bertz CT molecular complexity index is 1240. The number of halogens is 2. The van der Waals surface area contributed by atoms with Gasteiger partial charge in [-0.25, -0.2) is 4.79 Å². The minimum Gasteiger partial charge on any atom is -0.377 e. The molecule has 2 aromatic carbocycles. The highest BCUT2D eigenvalue weighted by Crippen LogP contribution is 2.39. The quantitative estimate of drug-likeness (QED) is 0.280. The van der Waals surface area contributed by atoms with Crippen LogP contribution in [0.5, 0.6) is 0 Å². The average molecular weight is 579 g/mol. The maximum absolute atomic E-state index is 10.5. The van der Waals surface area contributed by atoms with E-state index in [1.165, 1.54) is 4.80 Å². The minimum absolute atomic E-state index is 0.131. The van der Waals surface area contributed by atoms with Crippen molar-refractivity contribution in [2.45, 2.75) is 19.0 Å². The first kappa shape index (κ1) is 29.2. The van der Waals surface area contributed by atoms with E-state index in [0.29, 0.717) is 68.6 Å². The maximum Gasteiger partial charge on any atom is 0.312 e. The fourth-order valence-electron chi connectivity index (χ4n) is 4.41. The van der Waals surface area contributed by atoms with Crippen LogP contribution < -0.4 is 11.1 Å². The third-order valence-corrected chi connectivity index (χ3v) is 6.77. The first-order chi connectivity index (χ1) is 18.9. The largest absolute Gasteiger partial charge is 0.377 e. The molecule has 1 aliphatic heterocycles. The van der Waals surface area contributed by atoms with E-state index >= 15 is 0 Å². The Morgan fingerprint density at radius 3 is 2.59 bits per heavy atom. The van der Waals surface area contributed by atoms with E-state index < -0.39 is 6.03 Å². The Morgan fingerprint density at radius 2 is 1.82 bits per heavy atom. The maximum atomic E-state index is 10.5. The number of amides is 2. The van der Waals surface area contributed by atoms with Gasteiger partial charge in [-0.05, 0) is 47.2 Å². The zero-order valence-electron chi connectivity index (χ0n) is 21.8. The van der Waals surface area contributed by atoms with E-state index in [4.69, 9.17) is 43.1 Å². The van der Waals surface area contributed by atoms with E-state index in [0.717, 1.165) is 35.3 Å². The molecule has 11 nitrogen and oxygen atoms in total. The number of hydrogen-bond donors (Lipinski definition) is 2.